The summed E-state index contributed by atoms with van der Waals surface area (Å²) in [5.41, 5.74) is 0.125. The molecule has 0 atom stereocenters. The largest absolute Gasteiger partial charge is 0.298 e. The van der Waals surface area contributed by atoms with E-state index in [4.69, 9.17) is 0 Å². The SMILES string of the molecule is CC1(C)CC(=O)CN1CC1CCCC1. The van der Waals surface area contributed by atoms with Crippen LogP contribution in [0.4, 0.5) is 0 Å². The summed E-state index contributed by atoms with van der Waals surface area (Å²) in [5, 5.41) is 0. The first-order valence-electron chi connectivity index (χ1n) is 5.85. The van der Waals surface area contributed by atoms with Crippen molar-refractivity contribution >= 4 is 5.78 Å². The molecule has 1 heterocycles. The molecule has 0 aromatic rings. The molecule has 0 amide bonds. The van der Waals surface area contributed by atoms with E-state index in [1.54, 1.807) is 0 Å². The fourth-order valence-electron chi connectivity index (χ4n) is 2.89. The minimum atomic E-state index is 0.125. The van der Waals surface area contributed by atoms with Gasteiger partial charge in [0.2, 0.25) is 0 Å². The number of Topliss-reactive ketones (excluding diaryl/α,β-unsaturated/α-hetero) is 1. The summed E-state index contributed by atoms with van der Waals surface area (Å²) in [6.45, 7) is 6.25. The van der Waals surface area contributed by atoms with Gasteiger partial charge in [0.05, 0.1) is 6.54 Å². The van der Waals surface area contributed by atoms with Crippen molar-refractivity contribution in [2.45, 2.75) is 51.5 Å². The smallest absolute Gasteiger partial charge is 0.148 e. The van der Waals surface area contributed by atoms with Crippen LogP contribution in [-0.4, -0.2) is 29.3 Å². The van der Waals surface area contributed by atoms with Gasteiger partial charge < -0.3 is 0 Å². The zero-order valence-corrected chi connectivity index (χ0v) is 9.38. The van der Waals surface area contributed by atoms with E-state index in [2.05, 4.69) is 18.7 Å². The van der Waals surface area contributed by atoms with Crippen molar-refractivity contribution in [1.29, 1.82) is 0 Å². The van der Waals surface area contributed by atoms with Gasteiger partial charge in [-0.25, -0.2) is 0 Å². The second-order valence-electron chi connectivity index (χ2n) is 5.56. The minimum Gasteiger partial charge on any atom is -0.298 e. The van der Waals surface area contributed by atoms with E-state index in [9.17, 15) is 4.79 Å². The summed E-state index contributed by atoms with van der Waals surface area (Å²) in [7, 11) is 0. The molecule has 0 unspecified atom stereocenters. The molecule has 2 aliphatic rings. The number of ketones is 1. The van der Waals surface area contributed by atoms with Gasteiger partial charge in [-0.05, 0) is 32.6 Å². The first kappa shape index (κ1) is 10.2. The van der Waals surface area contributed by atoms with Crippen molar-refractivity contribution in [3.63, 3.8) is 0 Å². The van der Waals surface area contributed by atoms with Crippen LogP contribution in [0.25, 0.3) is 0 Å². The highest BCUT2D eigenvalue weighted by atomic mass is 16.1. The van der Waals surface area contributed by atoms with Gasteiger partial charge in [-0.3, -0.25) is 9.69 Å². The molecule has 2 heteroatoms. The maximum absolute atomic E-state index is 11.4. The van der Waals surface area contributed by atoms with E-state index < -0.39 is 0 Å². The number of carbonyl (C=O) groups excluding carboxylic acids is 1. The number of nitrogens with zero attached hydrogens (tertiary/aromatic N) is 1. The minimum absolute atomic E-state index is 0.125. The first-order valence-corrected chi connectivity index (χ1v) is 5.85. The highest BCUT2D eigenvalue weighted by molar-refractivity contribution is 5.84. The summed E-state index contributed by atoms with van der Waals surface area (Å²) in [4.78, 5) is 13.8. The molecule has 2 rings (SSSR count). The Morgan fingerprint density at radius 2 is 2.00 bits per heavy atom. The maximum atomic E-state index is 11.4. The van der Waals surface area contributed by atoms with Crippen LogP contribution in [0.1, 0.15) is 46.0 Å². The van der Waals surface area contributed by atoms with Crippen LogP contribution >= 0.6 is 0 Å². The van der Waals surface area contributed by atoms with Gasteiger partial charge in [0, 0.05) is 18.5 Å². The molecular weight excluding hydrogens is 174 g/mol. The number of hydrogen-bond donors (Lipinski definition) is 0. The van der Waals surface area contributed by atoms with Crippen molar-refractivity contribution in [3.05, 3.63) is 0 Å². The zero-order chi connectivity index (χ0) is 10.2. The fraction of sp³-hybridized carbons (Fsp3) is 0.917. The molecule has 14 heavy (non-hydrogen) atoms. The van der Waals surface area contributed by atoms with E-state index in [1.807, 2.05) is 0 Å². The third-order valence-corrected chi connectivity index (χ3v) is 3.81. The summed E-state index contributed by atoms with van der Waals surface area (Å²) in [5.74, 6) is 1.29. The third-order valence-electron chi connectivity index (χ3n) is 3.81. The number of hydrogen-bond acceptors (Lipinski definition) is 2. The van der Waals surface area contributed by atoms with E-state index >= 15 is 0 Å². The summed E-state index contributed by atoms with van der Waals surface area (Å²) < 4.78 is 0. The normalized spacial score (nSPS) is 28.9. The standard InChI is InChI=1S/C12H21NO/c1-12(2)7-11(14)9-13(12)8-10-5-3-4-6-10/h10H,3-9H2,1-2H3. The molecule has 2 nitrogen and oxygen atoms in total. The number of likely N-dealkylation sites (tertiary alicyclic amines) is 1. The number of carbonyl (C=O) groups is 1. The zero-order valence-electron chi connectivity index (χ0n) is 9.38. The van der Waals surface area contributed by atoms with Crippen LogP contribution < -0.4 is 0 Å². The second kappa shape index (κ2) is 3.65. The molecule has 2 fully saturated rings. The Kier molecular flexibility index (Phi) is 2.65. The second-order valence-corrected chi connectivity index (χ2v) is 5.56. The predicted octanol–water partition coefficient (Wildman–Crippen LogP) is 2.23. The topological polar surface area (TPSA) is 20.3 Å². The molecule has 0 spiro atoms. The highest BCUT2D eigenvalue weighted by Gasteiger charge is 2.38. The molecule has 0 radical (unpaired) electrons. The molecule has 1 saturated heterocycles. The fourth-order valence-corrected chi connectivity index (χ4v) is 2.89. The Hall–Kier alpha value is -0.370. The van der Waals surface area contributed by atoms with Crippen LogP contribution in [0.5, 0.6) is 0 Å². The van der Waals surface area contributed by atoms with Crippen molar-refractivity contribution in [3.8, 4) is 0 Å². The van der Waals surface area contributed by atoms with Crippen LogP contribution in [0.3, 0.4) is 0 Å². The average molecular weight is 195 g/mol. The van der Waals surface area contributed by atoms with Crippen LogP contribution in [0, 0.1) is 5.92 Å². The van der Waals surface area contributed by atoms with Crippen LogP contribution in [-0.2, 0) is 4.79 Å². The Labute approximate surface area is 86.7 Å². The molecule has 0 aromatic heterocycles. The molecule has 1 saturated carbocycles. The van der Waals surface area contributed by atoms with Crippen molar-refractivity contribution in [2.24, 2.45) is 5.92 Å². The van der Waals surface area contributed by atoms with Crippen LogP contribution in [0.15, 0.2) is 0 Å². The molecule has 0 bridgehead atoms. The highest BCUT2D eigenvalue weighted by Crippen LogP contribution is 2.31. The lowest BCUT2D eigenvalue weighted by molar-refractivity contribution is -0.117. The molecule has 0 aromatic carbocycles. The molecule has 1 aliphatic carbocycles. The van der Waals surface area contributed by atoms with Crippen molar-refractivity contribution in [2.75, 3.05) is 13.1 Å². The van der Waals surface area contributed by atoms with Gasteiger partial charge in [0.15, 0.2) is 0 Å². The van der Waals surface area contributed by atoms with E-state index in [-0.39, 0.29) is 5.54 Å². The molecule has 0 N–H and O–H groups in total. The van der Waals surface area contributed by atoms with Gasteiger partial charge >= 0.3 is 0 Å². The van der Waals surface area contributed by atoms with Gasteiger partial charge in [0.1, 0.15) is 5.78 Å². The first-order chi connectivity index (χ1) is 6.58. The lowest BCUT2D eigenvalue weighted by atomic mass is 9.99. The van der Waals surface area contributed by atoms with E-state index in [1.165, 1.54) is 25.7 Å². The monoisotopic (exact) mass is 195 g/mol. The summed E-state index contributed by atoms with van der Waals surface area (Å²) in [6, 6.07) is 0. The van der Waals surface area contributed by atoms with E-state index in [0.29, 0.717) is 12.3 Å². The Morgan fingerprint density at radius 3 is 2.50 bits per heavy atom. The molecular formula is C12H21NO. The average Bonchev–Trinajstić information content (AvgIpc) is 2.61. The molecule has 80 valence electrons. The summed E-state index contributed by atoms with van der Waals surface area (Å²) in [6.07, 6.45) is 6.29. The van der Waals surface area contributed by atoms with Gasteiger partial charge in [-0.1, -0.05) is 12.8 Å². The number of rotatable bonds is 2. The third kappa shape index (κ3) is 2.00. The Morgan fingerprint density at radius 1 is 1.36 bits per heavy atom. The lowest BCUT2D eigenvalue weighted by Gasteiger charge is -2.32. The maximum Gasteiger partial charge on any atom is 0.148 e. The van der Waals surface area contributed by atoms with Gasteiger partial charge in [0.25, 0.3) is 0 Å². The summed E-state index contributed by atoms with van der Waals surface area (Å²) >= 11 is 0. The predicted molar refractivity (Wildman–Crippen MR) is 57.2 cm³/mol. The van der Waals surface area contributed by atoms with Crippen LogP contribution in [0.2, 0.25) is 0 Å². The van der Waals surface area contributed by atoms with E-state index in [0.717, 1.165) is 18.9 Å². The quantitative estimate of drug-likeness (QED) is 0.673. The molecule has 1 aliphatic heterocycles. The Balaban J connectivity index is 1.93. The van der Waals surface area contributed by atoms with Crippen molar-refractivity contribution < 1.29 is 4.79 Å². The van der Waals surface area contributed by atoms with Gasteiger partial charge in [-0.2, -0.15) is 0 Å². The van der Waals surface area contributed by atoms with Gasteiger partial charge in [-0.15, -0.1) is 0 Å². The Bertz CT molecular complexity index is 228. The van der Waals surface area contributed by atoms with Crippen molar-refractivity contribution in [1.82, 2.24) is 4.90 Å². The lowest BCUT2D eigenvalue weighted by Crippen LogP contribution is -2.40.